The Morgan fingerprint density at radius 2 is 1.80 bits per heavy atom. The molecule has 1 aromatic heterocycles. The molecule has 2 N–H and O–H groups in total. The number of quaternary nitrogens is 1. The molecule has 78 valence electrons. The third kappa shape index (κ3) is 3.18. The molecular formula is C13H16NS+. The Hall–Kier alpha value is -1.12. The van der Waals surface area contributed by atoms with Crippen LogP contribution in [0.25, 0.3) is 0 Å². The molecular weight excluding hydrogens is 202 g/mol. The molecule has 0 aliphatic carbocycles. The second-order valence-corrected chi connectivity index (χ2v) is 5.07. The molecule has 1 aromatic carbocycles. The van der Waals surface area contributed by atoms with Gasteiger partial charge in [0.05, 0.1) is 4.88 Å². The van der Waals surface area contributed by atoms with E-state index in [2.05, 4.69) is 54.7 Å². The van der Waals surface area contributed by atoms with Gasteiger partial charge in [0.2, 0.25) is 0 Å². The van der Waals surface area contributed by atoms with Crippen molar-refractivity contribution in [2.24, 2.45) is 0 Å². The summed E-state index contributed by atoms with van der Waals surface area (Å²) in [5, 5.41) is 2.35. The molecule has 0 radical (unpaired) electrons. The summed E-state index contributed by atoms with van der Waals surface area (Å²) in [6.45, 7) is 4.32. The standard InChI is InChI=1S/C13H15NS/c1-11-7-8-13(15-11)10-14-9-12-5-3-2-4-6-12/h2-8,14H,9-10H2,1H3/p+1. The molecule has 2 rings (SSSR count). The van der Waals surface area contributed by atoms with Crippen molar-refractivity contribution in [3.05, 3.63) is 57.8 Å². The molecule has 0 atom stereocenters. The molecule has 0 saturated heterocycles. The molecule has 15 heavy (non-hydrogen) atoms. The van der Waals surface area contributed by atoms with Crippen molar-refractivity contribution in [1.29, 1.82) is 0 Å². The maximum Gasteiger partial charge on any atom is 0.111 e. The van der Waals surface area contributed by atoms with Gasteiger partial charge in [0.25, 0.3) is 0 Å². The van der Waals surface area contributed by atoms with Gasteiger partial charge < -0.3 is 5.32 Å². The van der Waals surface area contributed by atoms with E-state index in [1.807, 2.05) is 11.3 Å². The maximum absolute atomic E-state index is 2.35. The van der Waals surface area contributed by atoms with Crippen molar-refractivity contribution in [2.75, 3.05) is 0 Å². The molecule has 0 unspecified atom stereocenters. The van der Waals surface area contributed by atoms with E-state index < -0.39 is 0 Å². The van der Waals surface area contributed by atoms with Crippen LogP contribution < -0.4 is 5.32 Å². The van der Waals surface area contributed by atoms with Crippen molar-refractivity contribution >= 4 is 11.3 Å². The fourth-order valence-electron chi connectivity index (χ4n) is 1.59. The molecule has 2 aromatic rings. The third-order valence-corrected chi connectivity index (χ3v) is 3.39. The second kappa shape index (κ2) is 5.10. The first-order chi connectivity index (χ1) is 7.34. The number of nitrogens with two attached hydrogens (primary N) is 1. The Balaban J connectivity index is 1.80. The maximum atomic E-state index is 2.35. The van der Waals surface area contributed by atoms with Gasteiger partial charge in [-0.25, -0.2) is 0 Å². The minimum atomic E-state index is 1.07. The molecule has 0 aliphatic heterocycles. The van der Waals surface area contributed by atoms with Gasteiger partial charge in [-0.15, -0.1) is 11.3 Å². The zero-order valence-corrected chi connectivity index (χ0v) is 9.76. The summed E-state index contributed by atoms with van der Waals surface area (Å²) in [6, 6.07) is 15.0. The van der Waals surface area contributed by atoms with E-state index >= 15 is 0 Å². The van der Waals surface area contributed by atoms with Crippen LogP contribution >= 0.6 is 11.3 Å². The van der Waals surface area contributed by atoms with Crippen molar-refractivity contribution in [1.82, 2.24) is 0 Å². The Bertz CT molecular complexity index is 405. The van der Waals surface area contributed by atoms with E-state index in [-0.39, 0.29) is 0 Å². The van der Waals surface area contributed by atoms with Crippen molar-refractivity contribution in [3.63, 3.8) is 0 Å². The summed E-state index contributed by atoms with van der Waals surface area (Å²) in [4.78, 5) is 2.86. The van der Waals surface area contributed by atoms with E-state index in [1.165, 1.54) is 15.3 Å². The molecule has 0 bridgehead atoms. The monoisotopic (exact) mass is 218 g/mol. The highest BCUT2D eigenvalue weighted by atomic mass is 32.1. The smallest absolute Gasteiger partial charge is 0.111 e. The third-order valence-electron chi connectivity index (χ3n) is 2.36. The number of rotatable bonds is 4. The van der Waals surface area contributed by atoms with Crippen molar-refractivity contribution in [3.8, 4) is 0 Å². The summed E-state index contributed by atoms with van der Waals surface area (Å²) in [5.74, 6) is 0. The van der Waals surface area contributed by atoms with Gasteiger partial charge in [-0.2, -0.15) is 0 Å². The Morgan fingerprint density at radius 3 is 2.47 bits per heavy atom. The quantitative estimate of drug-likeness (QED) is 0.811. The molecule has 0 aliphatic rings. The Labute approximate surface area is 94.8 Å². The topological polar surface area (TPSA) is 16.6 Å². The molecule has 0 fully saturated rings. The number of hydrogen-bond acceptors (Lipinski definition) is 1. The largest absolute Gasteiger partial charge is 0.338 e. The van der Waals surface area contributed by atoms with Crippen LogP contribution in [0.1, 0.15) is 15.3 Å². The van der Waals surface area contributed by atoms with Gasteiger partial charge >= 0.3 is 0 Å². The first-order valence-electron chi connectivity index (χ1n) is 5.25. The van der Waals surface area contributed by atoms with Gasteiger partial charge in [0.15, 0.2) is 0 Å². The lowest BCUT2D eigenvalue weighted by molar-refractivity contribution is -0.685. The summed E-state index contributed by atoms with van der Waals surface area (Å²) in [5.41, 5.74) is 1.39. The Morgan fingerprint density at radius 1 is 1.00 bits per heavy atom. The van der Waals surface area contributed by atoms with E-state index in [9.17, 15) is 0 Å². The van der Waals surface area contributed by atoms with Crippen LogP contribution in [0.15, 0.2) is 42.5 Å². The molecule has 1 heterocycles. The number of aryl methyl sites for hydroxylation is 1. The number of thiophene rings is 1. The Kier molecular flexibility index (Phi) is 3.54. The summed E-state index contributed by atoms with van der Waals surface area (Å²) < 4.78 is 0. The zero-order valence-electron chi connectivity index (χ0n) is 8.94. The van der Waals surface area contributed by atoms with Crippen LogP contribution in [0.2, 0.25) is 0 Å². The van der Waals surface area contributed by atoms with E-state index in [0.29, 0.717) is 0 Å². The molecule has 0 spiro atoms. The van der Waals surface area contributed by atoms with Crippen LogP contribution in [-0.2, 0) is 13.1 Å². The predicted molar refractivity (Wildman–Crippen MR) is 64.8 cm³/mol. The van der Waals surface area contributed by atoms with Crippen LogP contribution in [0, 0.1) is 6.92 Å². The lowest BCUT2D eigenvalue weighted by Crippen LogP contribution is -2.80. The lowest BCUT2D eigenvalue weighted by Gasteiger charge is -1.99. The first kappa shape index (κ1) is 10.4. The fourth-order valence-corrected chi connectivity index (χ4v) is 2.48. The van der Waals surface area contributed by atoms with E-state index in [1.54, 1.807) is 0 Å². The first-order valence-corrected chi connectivity index (χ1v) is 6.07. The van der Waals surface area contributed by atoms with E-state index in [4.69, 9.17) is 0 Å². The number of benzene rings is 1. The normalized spacial score (nSPS) is 10.5. The fraction of sp³-hybridized carbons (Fsp3) is 0.231. The average molecular weight is 218 g/mol. The van der Waals surface area contributed by atoms with Gasteiger partial charge in [0.1, 0.15) is 13.1 Å². The highest BCUT2D eigenvalue weighted by molar-refractivity contribution is 7.11. The lowest BCUT2D eigenvalue weighted by atomic mass is 10.2. The predicted octanol–water partition coefficient (Wildman–Crippen LogP) is 2.32. The summed E-state index contributed by atoms with van der Waals surface area (Å²) >= 11 is 1.89. The molecule has 0 saturated carbocycles. The zero-order chi connectivity index (χ0) is 10.5. The average Bonchev–Trinajstić information content (AvgIpc) is 2.66. The minimum absolute atomic E-state index is 1.07. The number of hydrogen-bond donors (Lipinski definition) is 1. The summed E-state index contributed by atoms with van der Waals surface area (Å²) in [7, 11) is 0. The van der Waals surface area contributed by atoms with Crippen LogP contribution in [0.5, 0.6) is 0 Å². The SMILES string of the molecule is Cc1ccc(C[NH2+]Cc2ccccc2)s1. The second-order valence-electron chi connectivity index (χ2n) is 3.69. The highest BCUT2D eigenvalue weighted by Gasteiger charge is 1.99. The summed E-state index contributed by atoms with van der Waals surface area (Å²) in [6.07, 6.45) is 0. The van der Waals surface area contributed by atoms with Crippen molar-refractivity contribution in [2.45, 2.75) is 20.0 Å². The van der Waals surface area contributed by atoms with Gasteiger partial charge in [-0.3, -0.25) is 0 Å². The van der Waals surface area contributed by atoms with Crippen LogP contribution in [-0.4, -0.2) is 0 Å². The van der Waals surface area contributed by atoms with E-state index in [0.717, 1.165) is 13.1 Å². The van der Waals surface area contributed by atoms with Crippen LogP contribution in [0.3, 0.4) is 0 Å². The van der Waals surface area contributed by atoms with Gasteiger partial charge in [-0.05, 0) is 19.1 Å². The molecule has 2 heteroatoms. The van der Waals surface area contributed by atoms with Gasteiger partial charge in [-0.1, -0.05) is 30.3 Å². The van der Waals surface area contributed by atoms with Gasteiger partial charge in [0, 0.05) is 10.4 Å². The molecule has 0 amide bonds. The minimum Gasteiger partial charge on any atom is -0.338 e. The molecule has 1 nitrogen and oxygen atoms in total. The van der Waals surface area contributed by atoms with Crippen LogP contribution in [0.4, 0.5) is 0 Å². The highest BCUT2D eigenvalue weighted by Crippen LogP contribution is 2.13. The van der Waals surface area contributed by atoms with Crippen molar-refractivity contribution < 1.29 is 5.32 Å².